The molecule has 1 rings (SSSR count). The molecule has 1 unspecified atom stereocenters. The van der Waals surface area contributed by atoms with Crippen LogP contribution < -0.4 is 0 Å². The molecule has 20 heavy (non-hydrogen) atoms. The molecule has 0 aliphatic rings. The first-order valence-corrected chi connectivity index (χ1v) is 10.4. The molecule has 0 bridgehead atoms. The molecule has 2 heteroatoms. The number of hydrogen-bond donors (Lipinski definition) is 1. The molecule has 0 saturated carbocycles. The van der Waals surface area contributed by atoms with Gasteiger partial charge in [0.05, 0.1) is 0 Å². The predicted octanol–water partition coefficient (Wildman–Crippen LogP) is 4.81. The molecule has 1 aromatic carbocycles. The van der Waals surface area contributed by atoms with E-state index in [1.807, 2.05) is 0 Å². The van der Waals surface area contributed by atoms with Crippen molar-refractivity contribution in [3.8, 4) is 0 Å². The van der Waals surface area contributed by atoms with Gasteiger partial charge in [-0.3, -0.25) is 0 Å². The summed E-state index contributed by atoms with van der Waals surface area (Å²) >= 11 is 0.387. The van der Waals surface area contributed by atoms with Crippen LogP contribution in [-0.2, 0) is 6.42 Å². The Morgan fingerprint density at radius 3 is 2.30 bits per heavy atom. The summed E-state index contributed by atoms with van der Waals surface area (Å²) in [4.78, 5) is 0. The van der Waals surface area contributed by atoms with E-state index in [1.165, 1.54) is 50.5 Å². The van der Waals surface area contributed by atoms with Gasteiger partial charge in [-0.2, -0.15) is 0 Å². The Kier molecular flexibility index (Phi) is 11.0. The first-order valence-electron chi connectivity index (χ1n) is 8.16. The minimum atomic E-state index is -0.0261. The van der Waals surface area contributed by atoms with E-state index in [1.54, 1.807) is 0 Å². The van der Waals surface area contributed by atoms with Gasteiger partial charge in [0, 0.05) is 0 Å². The molecule has 0 amide bonds. The number of aliphatic hydroxyl groups is 1. The number of aryl methyl sites for hydroxylation is 1. The van der Waals surface area contributed by atoms with Crippen molar-refractivity contribution in [2.75, 3.05) is 0 Å². The van der Waals surface area contributed by atoms with Crippen LogP contribution in [0.25, 0.3) is 0 Å². The zero-order valence-corrected chi connectivity index (χ0v) is 14.6. The molecule has 1 nitrogen and oxygen atoms in total. The number of unbranched alkanes of at least 4 members (excludes halogenated alkanes) is 6. The normalized spacial score (nSPS) is 12.5. The van der Waals surface area contributed by atoms with Gasteiger partial charge in [-0.25, -0.2) is 0 Å². The number of benzene rings is 1. The van der Waals surface area contributed by atoms with Crippen molar-refractivity contribution in [3.05, 3.63) is 35.9 Å². The quantitative estimate of drug-likeness (QED) is 0.427. The molecular weight excluding hydrogens is 311 g/mol. The fraction of sp³-hybridized carbons (Fsp3) is 0.667. The van der Waals surface area contributed by atoms with Crippen molar-refractivity contribution in [1.29, 1.82) is 0 Å². The Hall–Kier alpha value is -0.301. The second-order valence-electron chi connectivity index (χ2n) is 5.47. The Bertz CT molecular complexity index is 312. The number of hydrogen-bond acceptors (Lipinski definition) is 1. The average molecular weight is 341 g/mol. The monoisotopic (exact) mass is 342 g/mol. The third kappa shape index (κ3) is 9.58. The molecule has 0 heterocycles. The fourth-order valence-corrected chi connectivity index (χ4v) is 4.33. The molecular formula is C18H30OSe. The van der Waals surface area contributed by atoms with Crippen molar-refractivity contribution in [2.45, 2.75) is 75.0 Å². The van der Waals surface area contributed by atoms with Crippen molar-refractivity contribution in [1.82, 2.24) is 0 Å². The van der Waals surface area contributed by atoms with Crippen LogP contribution in [0.15, 0.2) is 30.3 Å². The molecule has 114 valence electrons. The van der Waals surface area contributed by atoms with Crippen LogP contribution in [0.5, 0.6) is 0 Å². The molecule has 0 fully saturated rings. The maximum atomic E-state index is 10.00. The topological polar surface area (TPSA) is 20.2 Å². The zero-order chi connectivity index (χ0) is 14.5. The molecule has 0 aliphatic heterocycles. The van der Waals surface area contributed by atoms with Gasteiger partial charge in [0.2, 0.25) is 0 Å². The van der Waals surface area contributed by atoms with Crippen LogP contribution in [0.3, 0.4) is 0 Å². The molecule has 0 aromatic heterocycles. The Morgan fingerprint density at radius 1 is 0.950 bits per heavy atom. The van der Waals surface area contributed by atoms with E-state index >= 15 is 0 Å². The van der Waals surface area contributed by atoms with Crippen molar-refractivity contribution < 1.29 is 5.11 Å². The summed E-state index contributed by atoms with van der Waals surface area (Å²) in [6, 6.07) is 10.6. The van der Waals surface area contributed by atoms with E-state index in [4.69, 9.17) is 0 Å². The van der Waals surface area contributed by atoms with E-state index in [-0.39, 0.29) is 5.00 Å². The van der Waals surface area contributed by atoms with Gasteiger partial charge in [0.25, 0.3) is 0 Å². The van der Waals surface area contributed by atoms with Gasteiger partial charge in [-0.1, -0.05) is 0 Å². The first-order chi connectivity index (χ1) is 9.83. The van der Waals surface area contributed by atoms with E-state index in [0.29, 0.717) is 15.0 Å². The standard InChI is InChI=1S/C18H30OSe/c1-2-3-4-5-6-7-11-14-18(19)20-16-15-17-12-9-8-10-13-17/h8-10,12-13,18-19H,2-7,11,14-16H2,1H3. The molecule has 1 aromatic rings. The number of rotatable bonds is 12. The first kappa shape index (κ1) is 17.8. The van der Waals surface area contributed by atoms with Crippen LogP contribution in [0.1, 0.15) is 63.9 Å². The zero-order valence-electron chi connectivity index (χ0n) is 12.9. The second-order valence-corrected chi connectivity index (χ2v) is 8.17. The molecule has 0 saturated heterocycles. The summed E-state index contributed by atoms with van der Waals surface area (Å²) in [5, 5.41) is 11.1. The maximum absolute atomic E-state index is 10.00. The summed E-state index contributed by atoms with van der Waals surface area (Å²) in [6.07, 6.45) is 11.5. The Balaban J connectivity index is 1.91. The molecule has 0 radical (unpaired) electrons. The van der Waals surface area contributed by atoms with E-state index in [0.717, 1.165) is 18.2 Å². The van der Waals surface area contributed by atoms with Crippen LogP contribution in [-0.4, -0.2) is 25.1 Å². The third-order valence-electron chi connectivity index (χ3n) is 3.60. The van der Waals surface area contributed by atoms with Crippen LogP contribution in [0, 0.1) is 0 Å². The van der Waals surface area contributed by atoms with Crippen molar-refractivity contribution in [2.24, 2.45) is 0 Å². The second kappa shape index (κ2) is 12.4. The van der Waals surface area contributed by atoms with Gasteiger partial charge in [0.15, 0.2) is 0 Å². The number of aliphatic hydroxyl groups excluding tert-OH is 1. The average Bonchev–Trinajstić information content (AvgIpc) is 2.47. The Morgan fingerprint density at radius 2 is 1.60 bits per heavy atom. The Labute approximate surface area is 131 Å². The summed E-state index contributed by atoms with van der Waals surface area (Å²) in [6.45, 7) is 2.26. The van der Waals surface area contributed by atoms with Crippen molar-refractivity contribution >= 4 is 15.0 Å². The van der Waals surface area contributed by atoms with Gasteiger partial charge in [-0.05, 0) is 0 Å². The van der Waals surface area contributed by atoms with E-state index in [9.17, 15) is 5.11 Å². The minimum absolute atomic E-state index is 0.0261. The molecule has 0 aliphatic carbocycles. The molecule has 1 atom stereocenters. The molecule has 0 spiro atoms. The van der Waals surface area contributed by atoms with Gasteiger partial charge < -0.3 is 0 Å². The molecule has 1 N–H and O–H groups in total. The fourth-order valence-electron chi connectivity index (χ4n) is 2.32. The van der Waals surface area contributed by atoms with Gasteiger partial charge in [0.1, 0.15) is 0 Å². The van der Waals surface area contributed by atoms with Gasteiger partial charge in [-0.15, -0.1) is 0 Å². The summed E-state index contributed by atoms with van der Waals surface area (Å²) in [7, 11) is 0. The van der Waals surface area contributed by atoms with Crippen molar-refractivity contribution in [3.63, 3.8) is 0 Å². The predicted molar refractivity (Wildman–Crippen MR) is 89.3 cm³/mol. The SMILES string of the molecule is CCCCCCCCCC(O)[Se]CCc1ccccc1. The van der Waals surface area contributed by atoms with Gasteiger partial charge >= 0.3 is 131 Å². The van der Waals surface area contributed by atoms with Crippen LogP contribution >= 0.6 is 0 Å². The summed E-state index contributed by atoms with van der Waals surface area (Å²) < 4.78 is 0. The summed E-state index contributed by atoms with van der Waals surface area (Å²) in [5.74, 6) is 0. The van der Waals surface area contributed by atoms with Crippen LogP contribution in [0.4, 0.5) is 0 Å². The van der Waals surface area contributed by atoms with E-state index in [2.05, 4.69) is 37.3 Å². The van der Waals surface area contributed by atoms with E-state index < -0.39 is 0 Å². The van der Waals surface area contributed by atoms with Crippen LogP contribution in [0.2, 0.25) is 5.32 Å². The third-order valence-corrected chi connectivity index (χ3v) is 5.82. The summed E-state index contributed by atoms with van der Waals surface area (Å²) in [5.41, 5.74) is 1.40.